The Morgan fingerprint density at radius 1 is 1.08 bits per heavy atom. The predicted octanol–water partition coefficient (Wildman–Crippen LogP) is 0.742. The average Bonchev–Trinajstić information content (AvgIpc) is 3.59. The molecule has 0 amide bonds. The molecule has 8 heteroatoms. The molecule has 0 aromatic heterocycles. The topological polar surface area (TPSA) is 108 Å². The summed E-state index contributed by atoms with van der Waals surface area (Å²) >= 11 is 0. The summed E-state index contributed by atoms with van der Waals surface area (Å²) in [6.45, 7) is 6.22. The molecule has 0 radical (unpaired) electrons. The number of rotatable bonds is 10. The smallest absolute Gasteiger partial charge is 0.550 e. The van der Waals surface area contributed by atoms with Crippen LogP contribution < -0.4 is 48.9 Å². The second-order valence-electron chi connectivity index (χ2n) is 10.5. The molecular weight excluding hydrogens is 507 g/mol. The van der Waals surface area contributed by atoms with Gasteiger partial charge in [0, 0.05) is 23.5 Å². The summed E-state index contributed by atoms with van der Waals surface area (Å²) in [5.74, 6) is 0.816. The maximum Gasteiger partial charge on any atom is 1.00 e. The molecule has 5 rings (SSSR count). The fraction of sp³-hybridized carbons (Fsp3) is 0.387. The van der Waals surface area contributed by atoms with Crippen molar-refractivity contribution in [2.75, 3.05) is 13.2 Å². The summed E-state index contributed by atoms with van der Waals surface area (Å²) in [5, 5.41) is 29.9. The first-order valence-electron chi connectivity index (χ1n) is 13.0. The number of carbonyl (C=O) groups is 1. The standard InChI is InChI=1S/C31H34O7.Na/c1-18-11-24(37-17-22(33)15-32)12-19(2)30(18)25-6-4-5-21(20(25)3)16-36-23-7-8-26-27(14-29(34)35)31(9-10-31)38-28(26)13-23;/h4-8,11-13,22,27,32-33H,9-10,14-17H2,1-3H3,(H,34,35);/q;+1/p-1/t22-,27?;/m1./s1. The average molecular weight is 541 g/mol. The second-order valence-corrected chi connectivity index (χ2v) is 10.5. The van der Waals surface area contributed by atoms with Crippen molar-refractivity contribution in [2.24, 2.45) is 0 Å². The zero-order valence-corrected chi connectivity index (χ0v) is 25.0. The SMILES string of the molecule is Cc1cc(OC[C@H](O)CO)cc(C)c1-c1cccc(COc2ccc3c(c2)OC2(CC2)C3CC(=O)[O-])c1C.[Na+]. The maximum absolute atomic E-state index is 11.3. The number of hydrogen-bond donors (Lipinski definition) is 2. The monoisotopic (exact) mass is 540 g/mol. The number of aliphatic hydroxyl groups excluding tert-OH is 2. The van der Waals surface area contributed by atoms with Gasteiger partial charge in [-0.25, -0.2) is 0 Å². The molecule has 200 valence electrons. The summed E-state index contributed by atoms with van der Waals surface area (Å²) in [6.07, 6.45) is 0.775. The summed E-state index contributed by atoms with van der Waals surface area (Å²) in [4.78, 5) is 11.3. The van der Waals surface area contributed by atoms with Crippen LogP contribution in [-0.4, -0.2) is 41.1 Å². The summed E-state index contributed by atoms with van der Waals surface area (Å²) in [6, 6.07) is 15.7. The number of aryl methyl sites for hydroxylation is 2. The van der Waals surface area contributed by atoms with E-state index in [1.807, 2.05) is 50.2 Å². The Labute approximate surface area is 251 Å². The van der Waals surface area contributed by atoms with Crippen molar-refractivity contribution in [1.29, 1.82) is 0 Å². The molecule has 1 unspecified atom stereocenters. The van der Waals surface area contributed by atoms with Gasteiger partial charge in [-0.3, -0.25) is 0 Å². The van der Waals surface area contributed by atoms with E-state index in [9.17, 15) is 15.0 Å². The van der Waals surface area contributed by atoms with Crippen LogP contribution in [0, 0.1) is 20.8 Å². The van der Waals surface area contributed by atoms with Gasteiger partial charge in [0.15, 0.2) is 0 Å². The Morgan fingerprint density at radius 3 is 2.44 bits per heavy atom. The van der Waals surface area contributed by atoms with E-state index in [4.69, 9.17) is 19.3 Å². The third-order valence-corrected chi connectivity index (χ3v) is 7.69. The molecule has 0 bridgehead atoms. The molecule has 2 atom stereocenters. The van der Waals surface area contributed by atoms with Gasteiger partial charge < -0.3 is 34.3 Å². The van der Waals surface area contributed by atoms with Gasteiger partial charge in [-0.15, -0.1) is 0 Å². The summed E-state index contributed by atoms with van der Waals surface area (Å²) in [7, 11) is 0. The van der Waals surface area contributed by atoms with Crippen LogP contribution in [0.2, 0.25) is 0 Å². The minimum absolute atomic E-state index is 0. The number of hydrogen-bond acceptors (Lipinski definition) is 7. The number of fused-ring (bicyclic) bond motifs is 1. The van der Waals surface area contributed by atoms with E-state index in [0.29, 0.717) is 23.9 Å². The molecule has 3 aromatic rings. The van der Waals surface area contributed by atoms with E-state index >= 15 is 0 Å². The summed E-state index contributed by atoms with van der Waals surface area (Å²) in [5.41, 5.74) is 7.04. The van der Waals surface area contributed by atoms with E-state index in [1.54, 1.807) is 0 Å². The van der Waals surface area contributed by atoms with Crippen molar-refractivity contribution in [3.8, 4) is 28.4 Å². The molecule has 1 saturated carbocycles. The van der Waals surface area contributed by atoms with Crippen molar-refractivity contribution in [3.05, 3.63) is 76.3 Å². The first-order valence-corrected chi connectivity index (χ1v) is 13.0. The van der Waals surface area contributed by atoms with E-state index in [1.165, 1.54) is 0 Å². The van der Waals surface area contributed by atoms with E-state index in [-0.39, 0.29) is 60.7 Å². The molecule has 3 aromatic carbocycles. The number of carboxylic acids is 1. The molecule has 39 heavy (non-hydrogen) atoms. The largest absolute Gasteiger partial charge is 1.00 e. The maximum atomic E-state index is 11.3. The predicted molar refractivity (Wildman–Crippen MR) is 140 cm³/mol. The molecule has 1 aliphatic heterocycles. The van der Waals surface area contributed by atoms with Crippen LogP contribution >= 0.6 is 0 Å². The Bertz CT molecular complexity index is 1340. The number of aliphatic hydroxyl groups is 2. The zero-order chi connectivity index (χ0) is 27.0. The van der Waals surface area contributed by atoms with Crippen LogP contribution in [0.4, 0.5) is 0 Å². The van der Waals surface area contributed by atoms with Crippen LogP contribution in [-0.2, 0) is 11.4 Å². The summed E-state index contributed by atoms with van der Waals surface area (Å²) < 4.78 is 18.0. The van der Waals surface area contributed by atoms with E-state index < -0.39 is 12.1 Å². The van der Waals surface area contributed by atoms with Crippen LogP contribution in [0.15, 0.2) is 48.5 Å². The Kier molecular flexibility index (Phi) is 8.98. The number of aliphatic carboxylic acids is 1. The quantitative estimate of drug-likeness (QED) is 0.366. The Balaban J connectivity index is 0.00000353. The van der Waals surface area contributed by atoms with Gasteiger partial charge in [-0.1, -0.05) is 24.3 Å². The van der Waals surface area contributed by atoms with E-state index in [0.717, 1.165) is 51.8 Å². The fourth-order valence-electron chi connectivity index (χ4n) is 5.54. The first kappa shape index (κ1) is 29.4. The Morgan fingerprint density at radius 2 is 1.79 bits per heavy atom. The molecule has 2 N–H and O–H groups in total. The van der Waals surface area contributed by atoms with Gasteiger partial charge in [0.1, 0.15) is 42.2 Å². The van der Waals surface area contributed by atoms with Crippen molar-refractivity contribution in [3.63, 3.8) is 0 Å². The van der Waals surface area contributed by atoms with Gasteiger partial charge >= 0.3 is 29.6 Å². The van der Waals surface area contributed by atoms with Gasteiger partial charge in [0.05, 0.1) is 6.61 Å². The van der Waals surface area contributed by atoms with Crippen LogP contribution in [0.1, 0.15) is 53.0 Å². The van der Waals surface area contributed by atoms with Crippen molar-refractivity contribution in [2.45, 2.75) is 64.3 Å². The van der Waals surface area contributed by atoms with E-state index in [2.05, 4.69) is 19.1 Å². The molecule has 1 spiro atoms. The minimum atomic E-state index is -1.05. The number of ether oxygens (including phenoxy) is 3. The second kappa shape index (κ2) is 11.9. The van der Waals surface area contributed by atoms with Crippen molar-refractivity contribution in [1.82, 2.24) is 0 Å². The Hall–Kier alpha value is -2.55. The van der Waals surface area contributed by atoms with Crippen LogP contribution in [0.25, 0.3) is 11.1 Å². The number of benzene rings is 3. The number of carbonyl (C=O) groups excluding carboxylic acids is 1. The molecular formula is C31H33NaO7. The third-order valence-electron chi connectivity index (χ3n) is 7.69. The first-order chi connectivity index (χ1) is 18.2. The normalized spacial score (nSPS) is 17.1. The molecule has 1 heterocycles. The molecule has 1 aliphatic carbocycles. The van der Waals surface area contributed by atoms with Crippen molar-refractivity contribution < 1.29 is 63.9 Å². The third kappa shape index (κ3) is 6.13. The van der Waals surface area contributed by atoms with Crippen LogP contribution in [0.3, 0.4) is 0 Å². The van der Waals surface area contributed by atoms with Crippen LogP contribution in [0.5, 0.6) is 17.2 Å². The molecule has 7 nitrogen and oxygen atoms in total. The van der Waals surface area contributed by atoms with Crippen molar-refractivity contribution >= 4 is 5.97 Å². The van der Waals surface area contributed by atoms with Gasteiger partial charge in [-0.05, 0) is 91.6 Å². The molecule has 2 aliphatic rings. The van der Waals surface area contributed by atoms with Gasteiger partial charge in [-0.2, -0.15) is 0 Å². The van der Waals surface area contributed by atoms with Gasteiger partial charge in [0.2, 0.25) is 0 Å². The zero-order valence-electron chi connectivity index (χ0n) is 23.0. The molecule has 1 fully saturated rings. The fourth-order valence-corrected chi connectivity index (χ4v) is 5.54. The van der Waals surface area contributed by atoms with Gasteiger partial charge in [0.25, 0.3) is 0 Å². The minimum Gasteiger partial charge on any atom is -0.550 e. The number of carboxylic acid groups (broad SMARTS) is 1. The molecule has 0 saturated heterocycles.